The van der Waals surface area contributed by atoms with E-state index in [4.69, 9.17) is 5.26 Å². The van der Waals surface area contributed by atoms with Gasteiger partial charge in [-0.1, -0.05) is 12.1 Å². The predicted molar refractivity (Wildman–Crippen MR) is 53.2 cm³/mol. The van der Waals surface area contributed by atoms with Crippen molar-refractivity contribution in [1.82, 2.24) is 4.98 Å². The van der Waals surface area contributed by atoms with Crippen LogP contribution in [-0.4, -0.2) is 4.98 Å². The molecule has 1 aromatic carbocycles. The molecule has 0 saturated carbocycles. The number of nitriles is 1. The average Bonchev–Trinajstić information content (AvgIpc) is 2.31. The Hall–Kier alpha value is -1.56. The molecular weight excluding hydrogens is 383 g/mol. The number of pyridine rings is 1. The molecule has 2 aromatic rings. The van der Waals surface area contributed by atoms with E-state index >= 15 is 0 Å². The number of benzene rings is 1. The summed E-state index contributed by atoms with van der Waals surface area (Å²) in [6.45, 7) is 0. The van der Waals surface area contributed by atoms with Crippen LogP contribution in [0.25, 0.3) is 11.3 Å². The molecule has 4 heteroatoms. The summed E-state index contributed by atoms with van der Waals surface area (Å²) in [5, 5.41) is 8.67. The third kappa shape index (κ3) is 2.52. The zero-order valence-electron chi connectivity index (χ0n) is 8.07. The second kappa shape index (κ2) is 5.50. The predicted octanol–water partition coefficient (Wildman–Crippen LogP) is 2.56. The van der Waals surface area contributed by atoms with Gasteiger partial charge in [-0.3, -0.25) is 4.39 Å². The third-order valence-corrected chi connectivity index (χ3v) is 1.96. The first-order valence-corrected chi connectivity index (χ1v) is 4.34. The van der Waals surface area contributed by atoms with E-state index in [0.29, 0.717) is 11.3 Å². The number of hydrogen-bond donors (Lipinski definition) is 0. The van der Waals surface area contributed by atoms with Gasteiger partial charge >= 0.3 is 0 Å². The molecule has 0 atom stereocenters. The second-order valence-corrected chi connectivity index (χ2v) is 2.94. The molecule has 0 aliphatic carbocycles. The second-order valence-electron chi connectivity index (χ2n) is 2.94. The van der Waals surface area contributed by atoms with Crippen molar-refractivity contribution < 1.29 is 24.5 Å². The van der Waals surface area contributed by atoms with Crippen molar-refractivity contribution in [3.05, 3.63) is 54.0 Å². The first-order chi connectivity index (χ1) is 7.31. The van der Waals surface area contributed by atoms with Crippen molar-refractivity contribution in [2.45, 2.75) is 0 Å². The van der Waals surface area contributed by atoms with E-state index in [2.05, 4.69) is 11.1 Å². The molecule has 81 valence electrons. The molecule has 0 fully saturated rings. The molecule has 1 radical (unpaired) electrons. The van der Waals surface area contributed by atoms with Gasteiger partial charge in [-0.05, 0) is 11.8 Å². The van der Waals surface area contributed by atoms with Crippen LogP contribution in [0.5, 0.6) is 0 Å². The van der Waals surface area contributed by atoms with Crippen LogP contribution < -0.4 is 0 Å². The van der Waals surface area contributed by atoms with Crippen molar-refractivity contribution in [2.75, 3.05) is 0 Å². The molecule has 0 bridgehead atoms. The van der Waals surface area contributed by atoms with Gasteiger partial charge in [0.2, 0.25) is 0 Å². The van der Waals surface area contributed by atoms with Gasteiger partial charge in [-0.15, -0.1) is 23.8 Å². The Bertz CT molecular complexity index is 520. The Labute approximate surface area is 106 Å². The summed E-state index contributed by atoms with van der Waals surface area (Å²) in [5.74, 6) is -0.558. The van der Waals surface area contributed by atoms with E-state index in [9.17, 15) is 4.39 Å². The van der Waals surface area contributed by atoms with Crippen LogP contribution in [0, 0.1) is 23.2 Å². The molecule has 0 aliphatic rings. The first kappa shape index (κ1) is 12.5. The van der Waals surface area contributed by atoms with Gasteiger partial charge in [-0.2, -0.15) is 5.26 Å². The quantitative estimate of drug-likeness (QED) is 0.703. The SMILES string of the molecule is N#Cc1cc(-c2ccccn2)[c-]cc1F.[Ir]. The summed E-state index contributed by atoms with van der Waals surface area (Å²) in [4.78, 5) is 4.09. The minimum atomic E-state index is -0.558. The first-order valence-electron chi connectivity index (χ1n) is 4.34. The molecular formula is C12H6FIrN2-. The van der Waals surface area contributed by atoms with Gasteiger partial charge in [0.1, 0.15) is 0 Å². The fourth-order valence-corrected chi connectivity index (χ4v) is 1.23. The molecule has 0 amide bonds. The molecule has 2 rings (SSSR count). The Morgan fingerprint density at radius 2 is 2.19 bits per heavy atom. The van der Waals surface area contributed by atoms with Gasteiger partial charge in [-0.25, -0.2) is 0 Å². The maximum absolute atomic E-state index is 13.0. The Balaban J connectivity index is 0.00000128. The van der Waals surface area contributed by atoms with Crippen molar-refractivity contribution >= 4 is 0 Å². The third-order valence-electron chi connectivity index (χ3n) is 1.96. The summed E-state index contributed by atoms with van der Waals surface area (Å²) in [5.41, 5.74) is 1.30. The zero-order chi connectivity index (χ0) is 10.7. The molecule has 0 unspecified atom stereocenters. The number of nitrogens with zero attached hydrogens (tertiary/aromatic N) is 2. The van der Waals surface area contributed by atoms with Crippen molar-refractivity contribution in [3.8, 4) is 17.3 Å². The summed E-state index contributed by atoms with van der Waals surface area (Å²) in [6, 6.07) is 12.5. The van der Waals surface area contributed by atoms with E-state index in [0.717, 1.165) is 6.07 Å². The van der Waals surface area contributed by atoms with Crippen LogP contribution >= 0.6 is 0 Å². The monoisotopic (exact) mass is 390 g/mol. The van der Waals surface area contributed by atoms with E-state index in [1.54, 1.807) is 24.4 Å². The Kier molecular flexibility index (Phi) is 4.30. The fraction of sp³-hybridized carbons (Fsp3) is 0. The van der Waals surface area contributed by atoms with E-state index in [1.807, 2.05) is 6.07 Å². The Morgan fingerprint density at radius 1 is 1.38 bits per heavy atom. The van der Waals surface area contributed by atoms with Crippen LogP contribution in [0.2, 0.25) is 0 Å². The minimum absolute atomic E-state index is 0. The van der Waals surface area contributed by atoms with Crippen LogP contribution in [0.4, 0.5) is 4.39 Å². The molecule has 1 heterocycles. The van der Waals surface area contributed by atoms with Crippen molar-refractivity contribution in [2.24, 2.45) is 0 Å². The van der Waals surface area contributed by atoms with Gasteiger partial charge in [0, 0.05) is 31.9 Å². The summed E-state index contributed by atoms with van der Waals surface area (Å²) >= 11 is 0. The van der Waals surface area contributed by atoms with Crippen LogP contribution in [0.15, 0.2) is 36.5 Å². The largest absolute Gasteiger partial charge is 0.305 e. The average molecular weight is 389 g/mol. The number of aromatic nitrogens is 1. The standard InChI is InChI=1S/C12H6FN2.Ir/c13-11-5-4-9(7-10(11)8-14)12-3-1-2-6-15-12;/h1-3,5-7H;/q-1;. The Morgan fingerprint density at radius 3 is 2.81 bits per heavy atom. The van der Waals surface area contributed by atoms with Crippen LogP contribution in [0.3, 0.4) is 0 Å². The van der Waals surface area contributed by atoms with Crippen molar-refractivity contribution in [3.63, 3.8) is 0 Å². The molecule has 0 spiro atoms. The van der Waals surface area contributed by atoms with Gasteiger partial charge in [0.05, 0.1) is 11.9 Å². The topological polar surface area (TPSA) is 36.7 Å². The molecule has 1 aromatic heterocycles. The van der Waals surface area contributed by atoms with E-state index in [-0.39, 0.29) is 25.7 Å². The van der Waals surface area contributed by atoms with Crippen LogP contribution in [0.1, 0.15) is 5.56 Å². The smallest absolute Gasteiger partial charge is 0.0818 e. The maximum atomic E-state index is 13.0. The molecule has 2 nitrogen and oxygen atoms in total. The summed E-state index contributed by atoms with van der Waals surface area (Å²) in [7, 11) is 0. The molecule has 0 saturated heterocycles. The van der Waals surface area contributed by atoms with Crippen LogP contribution in [-0.2, 0) is 20.1 Å². The summed E-state index contributed by atoms with van der Waals surface area (Å²) < 4.78 is 13.0. The maximum Gasteiger partial charge on any atom is 0.0818 e. The number of hydrogen-bond acceptors (Lipinski definition) is 2. The van der Waals surface area contributed by atoms with Crippen molar-refractivity contribution in [1.29, 1.82) is 5.26 Å². The van der Waals surface area contributed by atoms with E-state index < -0.39 is 5.82 Å². The molecule has 0 N–H and O–H groups in total. The van der Waals surface area contributed by atoms with E-state index in [1.165, 1.54) is 6.07 Å². The van der Waals surface area contributed by atoms with Gasteiger partial charge < -0.3 is 4.98 Å². The van der Waals surface area contributed by atoms with Gasteiger partial charge in [0.25, 0.3) is 0 Å². The summed E-state index contributed by atoms with van der Waals surface area (Å²) in [6.07, 6.45) is 1.64. The molecule has 0 aliphatic heterocycles. The molecule has 16 heavy (non-hydrogen) atoms. The number of halogens is 1. The fourth-order valence-electron chi connectivity index (χ4n) is 1.23. The minimum Gasteiger partial charge on any atom is -0.305 e. The normalized spacial score (nSPS) is 9.00. The number of rotatable bonds is 1. The zero-order valence-corrected chi connectivity index (χ0v) is 10.5. The van der Waals surface area contributed by atoms with Gasteiger partial charge in [0.15, 0.2) is 0 Å².